The van der Waals surface area contributed by atoms with Crippen LogP contribution in [0.2, 0.25) is 0 Å². The molecule has 0 aromatic carbocycles. The molecule has 0 bridgehead atoms. The third kappa shape index (κ3) is 4.39. The zero-order valence-electron chi connectivity index (χ0n) is 8.78. The number of carboxylic acids is 1. The summed E-state index contributed by atoms with van der Waals surface area (Å²) in [5.74, 6) is -4.06. The minimum absolute atomic E-state index is 0.117. The highest BCUT2D eigenvalue weighted by molar-refractivity contribution is 6.08. The summed E-state index contributed by atoms with van der Waals surface area (Å²) < 4.78 is 4.57. The molecule has 5 nitrogen and oxygen atoms in total. The molecule has 1 unspecified atom stereocenters. The van der Waals surface area contributed by atoms with Crippen LogP contribution in [0.1, 0.15) is 20.3 Å². The average molecular weight is 214 g/mol. The SMILES string of the molecule is C=C(C)C(=O)C(CC(=O)OCC)C(=O)O. The summed E-state index contributed by atoms with van der Waals surface area (Å²) in [7, 11) is 0. The van der Waals surface area contributed by atoms with E-state index in [1.807, 2.05) is 0 Å². The number of esters is 1. The first-order valence-electron chi connectivity index (χ1n) is 4.48. The fourth-order valence-corrected chi connectivity index (χ4v) is 0.976. The Bertz CT molecular complexity index is 292. The highest BCUT2D eigenvalue weighted by Gasteiger charge is 2.29. The van der Waals surface area contributed by atoms with Gasteiger partial charge < -0.3 is 9.84 Å². The quantitative estimate of drug-likeness (QED) is 0.401. The highest BCUT2D eigenvalue weighted by atomic mass is 16.5. The van der Waals surface area contributed by atoms with Crippen LogP contribution in [0.3, 0.4) is 0 Å². The molecule has 0 heterocycles. The largest absolute Gasteiger partial charge is 0.481 e. The van der Waals surface area contributed by atoms with Gasteiger partial charge in [-0.05, 0) is 19.4 Å². The van der Waals surface area contributed by atoms with Gasteiger partial charge >= 0.3 is 11.9 Å². The van der Waals surface area contributed by atoms with Crippen LogP contribution in [0.4, 0.5) is 0 Å². The number of carbonyl (C=O) groups is 3. The van der Waals surface area contributed by atoms with Gasteiger partial charge in [-0.15, -0.1) is 0 Å². The maximum absolute atomic E-state index is 11.3. The van der Waals surface area contributed by atoms with Crippen molar-refractivity contribution in [3.63, 3.8) is 0 Å². The number of ether oxygens (including phenoxy) is 1. The van der Waals surface area contributed by atoms with Gasteiger partial charge in [0.05, 0.1) is 13.0 Å². The molecule has 0 radical (unpaired) electrons. The van der Waals surface area contributed by atoms with E-state index in [2.05, 4.69) is 11.3 Å². The second-order valence-electron chi connectivity index (χ2n) is 3.04. The first-order chi connectivity index (χ1) is 6.90. The molecule has 0 saturated carbocycles. The maximum Gasteiger partial charge on any atom is 0.315 e. The number of hydrogen-bond donors (Lipinski definition) is 1. The van der Waals surface area contributed by atoms with Crippen molar-refractivity contribution in [3.8, 4) is 0 Å². The Balaban J connectivity index is 4.55. The average Bonchev–Trinajstić information content (AvgIpc) is 2.13. The van der Waals surface area contributed by atoms with E-state index in [1.54, 1.807) is 6.92 Å². The lowest BCUT2D eigenvalue weighted by atomic mass is 9.96. The summed E-state index contributed by atoms with van der Waals surface area (Å²) in [6.07, 6.45) is -0.450. The number of carbonyl (C=O) groups excluding carboxylic acids is 2. The van der Waals surface area contributed by atoms with Crippen LogP contribution in [-0.2, 0) is 19.1 Å². The van der Waals surface area contributed by atoms with Crippen molar-refractivity contribution in [3.05, 3.63) is 12.2 Å². The Morgan fingerprint density at radius 3 is 2.27 bits per heavy atom. The van der Waals surface area contributed by atoms with Gasteiger partial charge in [-0.2, -0.15) is 0 Å². The monoisotopic (exact) mass is 214 g/mol. The molecule has 0 saturated heterocycles. The number of aliphatic carboxylic acids is 1. The summed E-state index contributed by atoms with van der Waals surface area (Å²) >= 11 is 0. The zero-order valence-corrected chi connectivity index (χ0v) is 8.78. The Hall–Kier alpha value is -1.65. The number of rotatable bonds is 6. The Morgan fingerprint density at radius 2 is 1.93 bits per heavy atom. The molecule has 0 aliphatic heterocycles. The van der Waals surface area contributed by atoms with Crippen LogP contribution in [0.25, 0.3) is 0 Å². The predicted octanol–water partition coefficient (Wildman–Crippen LogP) is 0.786. The van der Waals surface area contributed by atoms with Crippen LogP contribution in [0.5, 0.6) is 0 Å². The first-order valence-corrected chi connectivity index (χ1v) is 4.48. The van der Waals surface area contributed by atoms with Crippen molar-refractivity contribution in [2.24, 2.45) is 5.92 Å². The molecule has 0 aromatic rings. The topological polar surface area (TPSA) is 80.7 Å². The first kappa shape index (κ1) is 13.4. The molecule has 0 aromatic heterocycles. The molecule has 15 heavy (non-hydrogen) atoms. The van der Waals surface area contributed by atoms with E-state index >= 15 is 0 Å². The van der Waals surface area contributed by atoms with Gasteiger partial charge in [0.1, 0.15) is 5.92 Å². The number of carboxylic acid groups (broad SMARTS) is 1. The Labute approximate surface area is 87.7 Å². The Morgan fingerprint density at radius 1 is 1.40 bits per heavy atom. The molecule has 0 fully saturated rings. The molecule has 0 aliphatic carbocycles. The van der Waals surface area contributed by atoms with Crippen molar-refractivity contribution >= 4 is 17.7 Å². The lowest BCUT2D eigenvalue weighted by Gasteiger charge is -2.09. The fraction of sp³-hybridized carbons (Fsp3) is 0.500. The molecule has 0 rings (SSSR count). The van der Waals surface area contributed by atoms with Gasteiger partial charge in [0.2, 0.25) is 0 Å². The number of allylic oxidation sites excluding steroid dienone is 1. The van der Waals surface area contributed by atoms with Crippen LogP contribution >= 0.6 is 0 Å². The van der Waals surface area contributed by atoms with Crippen molar-refractivity contribution in [1.82, 2.24) is 0 Å². The third-order valence-electron chi connectivity index (χ3n) is 1.71. The van der Waals surface area contributed by atoms with Gasteiger partial charge in [0.15, 0.2) is 5.78 Å². The fourth-order valence-electron chi connectivity index (χ4n) is 0.976. The predicted molar refractivity (Wildman–Crippen MR) is 52.2 cm³/mol. The molecule has 1 atom stereocenters. The molecular weight excluding hydrogens is 200 g/mol. The standard InChI is InChI=1S/C10H14O5/c1-4-15-8(11)5-7(10(13)14)9(12)6(2)3/h7H,2,4-5H2,1,3H3,(H,13,14). The molecule has 0 aliphatic rings. The number of ketones is 1. The Kier molecular flexibility index (Phi) is 5.30. The van der Waals surface area contributed by atoms with E-state index in [-0.39, 0.29) is 12.2 Å². The highest BCUT2D eigenvalue weighted by Crippen LogP contribution is 2.11. The molecule has 84 valence electrons. The van der Waals surface area contributed by atoms with Crippen LogP contribution in [-0.4, -0.2) is 29.4 Å². The second-order valence-corrected chi connectivity index (χ2v) is 3.04. The van der Waals surface area contributed by atoms with Gasteiger partial charge in [-0.25, -0.2) is 0 Å². The van der Waals surface area contributed by atoms with Gasteiger partial charge in [0, 0.05) is 0 Å². The van der Waals surface area contributed by atoms with Crippen LogP contribution < -0.4 is 0 Å². The lowest BCUT2D eigenvalue weighted by Crippen LogP contribution is -2.27. The summed E-state index contributed by atoms with van der Waals surface area (Å²) in [6.45, 7) is 6.52. The van der Waals surface area contributed by atoms with E-state index in [9.17, 15) is 14.4 Å². The minimum Gasteiger partial charge on any atom is -0.481 e. The maximum atomic E-state index is 11.3. The van der Waals surface area contributed by atoms with Crippen LogP contribution in [0.15, 0.2) is 12.2 Å². The number of Topliss-reactive ketones (excluding diaryl/α,β-unsaturated/α-hetero) is 1. The van der Waals surface area contributed by atoms with Crippen LogP contribution in [0, 0.1) is 5.92 Å². The normalized spacial score (nSPS) is 11.6. The van der Waals surface area contributed by atoms with Gasteiger partial charge in [-0.1, -0.05) is 6.58 Å². The van der Waals surface area contributed by atoms with Gasteiger partial charge in [0.25, 0.3) is 0 Å². The summed E-state index contributed by atoms with van der Waals surface area (Å²) in [5, 5.41) is 8.74. The van der Waals surface area contributed by atoms with E-state index in [4.69, 9.17) is 5.11 Å². The second kappa shape index (κ2) is 5.95. The number of hydrogen-bond acceptors (Lipinski definition) is 4. The minimum atomic E-state index is -1.39. The molecular formula is C10H14O5. The van der Waals surface area contributed by atoms with Crippen molar-refractivity contribution in [1.29, 1.82) is 0 Å². The summed E-state index contributed by atoms with van der Waals surface area (Å²) in [4.78, 5) is 33.1. The smallest absolute Gasteiger partial charge is 0.315 e. The molecule has 0 spiro atoms. The molecule has 0 amide bonds. The van der Waals surface area contributed by atoms with Crippen molar-refractivity contribution < 1.29 is 24.2 Å². The van der Waals surface area contributed by atoms with Crippen molar-refractivity contribution in [2.45, 2.75) is 20.3 Å². The molecule has 1 N–H and O–H groups in total. The lowest BCUT2D eigenvalue weighted by molar-refractivity contribution is -0.153. The zero-order chi connectivity index (χ0) is 12.0. The van der Waals surface area contributed by atoms with E-state index in [1.165, 1.54) is 6.92 Å². The third-order valence-corrected chi connectivity index (χ3v) is 1.71. The van der Waals surface area contributed by atoms with E-state index in [0.717, 1.165) is 0 Å². The summed E-state index contributed by atoms with van der Waals surface area (Å²) in [6, 6.07) is 0. The van der Waals surface area contributed by atoms with Gasteiger partial charge in [-0.3, -0.25) is 14.4 Å². The van der Waals surface area contributed by atoms with E-state index in [0.29, 0.717) is 0 Å². The van der Waals surface area contributed by atoms with E-state index < -0.39 is 30.1 Å². The molecule has 5 heteroatoms. The summed E-state index contributed by atoms with van der Waals surface area (Å²) in [5.41, 5.74) is 0.117. The van der Waals surface area contributed by atoms with Crippen molar-refractivity contribution in [2.75, 3.05) is 6.61 Å².